The molecule has 0 aliphatic carbocycles. The molecule has 248 valence electrons. The van der Waals surface area contributed by atoms with E-state index in [0.29, 0.717) is 0 Å². The van der Waals surface area contributed by atoms with Crippen LogP contribution in [0.3, 0.4) is 0 Å². The molecule has 0 saturated heterocycles. The van der Waals surface area contributed by atoms with Gasteiger partial charge in [0.15, 0.2) is 0 Å². The summed E-state index contributed by atoms with van der Waals surface area (Å²) >= 11 is 1.87. The first-order valence-electron chi connectivity index (χ1n) is 18.2. The van der Waals surface area contributed by atoms with Crippen molar-refractivity contribution >= 4 is 96.9 Å². The molecule has 3 nitrogen and oxygen atoms in total. The molecule has 8 aromatic carbocycles. The second-order valence-electron chi connectivity index (χ2n) is 14.2. The van der Waals surface area contributed by atoms with E-state index in [9.17, 15) is 0 Å². The maximum atomic E-state index is 2.48. The van der Waals surface area contributed by atoms with Crippen LogP contribution in [0.4, 0.5) is 0 Å². The smallest absolute Gasteiger partial charge is 0.0734 e. The summed E-state index contributed by atoms with van der Waals surface area (Å²) in [7, 11) is 2.21. The molecule has 0 atom stereocenters. The number of nitrogens with zero attached hydrogens (tertiary/aromatic N) is 3. The van der Waals surface area contributed by atoms with E-state index in [-0.39, 0.29) is 0 Å². The number of benzene rings is 8. The SMILES string of the molecule is Cn1c2ccccc2c2cc(-c3ccc4c(c3)c3ccccc3n4-c3ccc4sc5ccccc5c4c3)cc(-n3c4ccccc4c4ccccc43)c21. The molecular weight excluding hydrogens is 663 g/mol. The summed E-state index contributed by atoms with van der Waals surface area (Å²) in [5, 5.41) is 10.2. The van der Waals surface area contributed by atoms with Crippen molar-refractivity contribution in [3.63, 3.8) is 0 Å². The number of fused-ring (bicyclic) bond motifs is 12. The van der Waals surface area contributed by atoms with Crippen LogP contribution in [0, 0.1) is 0 Å². The first-order chi connectivity index (χ1) is 26.2. The fraction of sp³-hybridized carbons (Fsp3) is 0.0204. The van der Waals surface area contributed by atoms with Crippen molar-refractivity contribution in [1.82, 2.24) is 13.7 Å². The molecule has 0 unspecified atom stereocenters. The van der Waals surface area contributed by atoms with E-state index >= 15 is 0 Å². The Bertz CT molecular complexity index is 3420. The lowest BCUT2D eigenvalue weighted by Gasteiger charge is -2.14. The zero-order chi connectivity index (χ0) is 34.8. The standard InChI is InChI=1S/C49H31N3S/c1-50-41-17-7-2-15-36(41)40-27-31(28-46(49(40)50)52-43-19-9-3-12-33(43)34-13-4-10-20-44(34)52)30-22-24-45-38(26-30)35-14-5-8-18-42(35)51(45)32-23-25-48-39(29-32)37-16-6-11-21-47(37)53-48/h2-29H,1H3. The Morgan fingerprint density at radius 1 is 0.358 bits per heavy atom. The minimum absolute atomic E-state index is 1.19. The summed E-state index contributed by atoms with van der Waals surface area (Å²) in [5.74, 6) is 0. The first kappa shape index (κ1) is 29.0. The molecule has 0 radical (unpaired) electrons. The van der Waals surface area contributed by atoms with Crippen LogP contribution in [-0.2, 0) is 7.05 Å². The first-order valence-corrected chi connectivity index (χ1v) is 19.0. The van der Waals surface area contributed by atoms with Crippen molar-refractivity contribution in [3.8, 4) is 22.5 Å². The van der Waals surface area contributed by atoms with Gasteiger partial charge in [0, 0.05) is 70.7 Å². The van der Waals surface area contributed by atoms with E-state index < -0.39 is 0 Å². The van der Waals surface area contributed by atoms with Gasteiger partial charge in [0.2, 0.25) is 0 Å². The zero-order valence-electron chi connectivity index (χ0n) is 28.9. The van der Waals surface area contributed by atoms with Crippen molar-refractivity contribution < 1.29 is 0 Å². The van der Waals surface area contributed by atoms with Crippen LogP contribution in [0.2, 0.25) is 0 Å². The molecule has 4 heterocycles. The van der Waals surface area contributed by atoms with Gasteiger partial charge in [0.25, 0.3) is 0 Å². The third-order valence-corrected chi connectivity index (χ3v) is 12.6. The molecule has 0 amide bonds. The minimum Gasteiger partial charge on any atom is -0.342 e. The lowest BCUT2D eigenvalue weighted by Crippen LogP contribution is -1.99. The average molecular weight is 694 g/mol. The number of aryl methyl sites for hydroxylation is 1. The van der Waals surface area contributed by atoms with Crippen molar-refractivity contribution in [2.24, 2.45) is 7.05 Å². The largest absolute Gasteiger partial charge is 0.342 e. The lowest BCUT2D eigenvalue weighted by atomic mass is 9.99. The third-order valence-electron chi connectivity index (χ3n) is 11.4. The van der Waals surface area contributed by atoms with Gasteiger partial charge in [-0.15, -0.1) is 11.3 Å². The fourth-order valence-corrected chi connectivity index (χ4v) is 10.2. The highest BCUT2D eigenvalue weighted by atomic mass is 32.1. The van der Waals surface area contributed by atoms with Gasteiger partial charge in [0.05, 0.1) is 33.3 Å². The Balaban J connectivity index is 1.14. The molecule has 12 aromatic rings. The molecule has 53 heavy (non-hydrogen) atoms. The normalized spacial score (nSPS) is 12.2. The van der Waals surface area contributed by atoms with E-state index in [4.69, 9.17) is 0 Å². The van der Waals surface area contributed by atoms with Gasteiger partial charge in [-0.3, -0.25) is 0 Å². The summed E-state index contributed by atoms with van der Waals surface area (Å²) in [6.45, 7) is 0. The summed E-state index contributed by atoms with van der Waals surface area (Å²) in [5.41, 5.74) is 12.1. The second kappa shape index (κ2) is 10.7. The predicted molar refractivity (Wildman–Crippen MR) is 227 cm³/mol. The Kier molecular flexibility index (Phi) is 5.86. The van der Waals surface area contributed by atoms with Crippen molar-refractivity contribution in [2.45, 2.75) is 0 Å². The van der Waals surface area contributed by atoms with E-state index in [1.54, 1.807) is 0 Å². The van der Waals surface area contributed by atoms with Crippen LogP contribution in [-0.4, -0.2) is 13.7 Å². The molecule has 4 heteroatoms. The molecule has 0 fully saturated rings. The van der Waals surface area contributed by atoms with Crippen molar-refractivity contribution in [2.75, 3.05) is 0 Å². The quantitative estimate of drug-likeness (QED) is 0.175. The number of hydrogen-bond acceptors (Lipinski definition) is 1. The lowest BCUT2D eigenvalue weighted by molar-refractivity contribution is 1.00. The Morgan fingerprint density at radius 3 is 1.60 bits per heavy atom. The van der Waals surface area contributed by atoms with Crippen LogP contribution in [0.1, 0.15) is 0 Å². The van der Waals surface area contributed by atoms with Crippen LogP contribution in [0.5, 0.6) is 0 Å². The van der Waals surface area contributed by atoms with Gasteiger partial charge in [-0.1, -0.05) is 97.1 Å². The number of thiophene rings is 1. The molecule has 0 aliphatic heterocycles. The van der Waals surface area contributed by atoms with Crippen LogP contribution >= 0.6 is 11.3 Å². The minimum atomic E-state index is 1.19. The zero-order valence-corrected chi connectivity index (χ0v) is 29.7. The number of para-hydroxylation sites is 4. The van der Waals surface area contributed by atoms with Gasteiger partial charge in [-0.25, -0.2) is 0 Å². The molecule has 0 spiro atoms. The van der Waals surface area contributed by atoms with Gasteiger partial charge in [-0.2, -0.15) is 0 Å². The highest BCUT2D eigenvalue weighted by Crippen LogP contribution is 2.43. The van der Waals surface area contributed by atoms with Crippen molar-refractivity contribution in [3.05, 3.63) is 170 Å². The topological polar surface area (TPSA) is 14.8 Å². The van der Waals surface area contributed by atoms with Gasteiger partial charge in [-0.05, 0) is 83.9 Å². The van der Waals surface area contributed by atoms with Crippen LogP contribution in [0.25, 0.3) is 108 Å². The fourth-order valence-electron chi connectivity index (χ4n) is 9.09. The highest BCUT2D eigenvalue weighted by Gasteiger charge is 2.21. The number of aromatic nitrogens is 3. The van der Waals surface area contributed by atoms with Crippen molar-refractivity contribution in [1.29, 1.82) is 0 Å². The Labute approximate surface area is 308 Å². The van der Waals surface area contributed by atoms with Crippen LogP contribution < -0.4 is 0 Å². The summed E-state index contributed by atoms with van der Waals surface area (Å²) < 4.78 is 9.94. The van der Waals surface area contributed by atoms with E-state index in [0.717, 1.165) is 0 Å². The van der Waals surface area contributed by atoms with Gasteiger partial charge < -0.3 is 13.7 Å². The summed E-state index contributed by atoms with van der Waals surface area (Å²) in [6, 6.07) is 62.8. The van der Waals surface area contributed by atoms with Gasteiger partial charge in [0.1, 0.15) is 0 Å². The predicted octanol–water partition coefficient (Wildman–Crippen LogP) is 13.6. The number of hydrogen-bond donors (Lipinski definition) is 0. The third kappa shape index (κ3) is 3.99. The van der Waals surface area contributed by atoms with Gasteiger partial charge >= 0.3 is 0 Å². The Hall–Kier alpha value is -6.62. The molecule has 0 bridgehead atoms. The maximum Gasteiger partial charge on any atom is 0.0734 e. The summed E-state index contributed by atoms with van der Waals surface area (Å²) in [4.78, 5) is 0. The van der Waals surface area contributed by atoms with E-state index in [2.05, 4.69) is 191 Å². The Morgan fingerprint density at radius 2 is 0.887 bits per heavy atom. The second-order valence-corrected chi connectivity index (χ2v) is 15.3. The number of rotatable bonds is 3. The summed E-state index contributed by atoms with van der Waals surface area (Å²) in [6.07, 6.45) is 0. The molecule has 4 aromatic heterocycles. The highest BCUT2D eigenvalue weighted by molar-refractivity contribution is 7.25. The molecule has 0 N–H and O–H groups in total. The molecule has 0 aliphatic rings. The molecular formula is C49H31N3S. The van der Waals surface area contributed by atoms with Crippen LogP contribution in [0.15, 0.2) is 170 Å². The monoisotopic (exact) mass is 693 g/mol. The van der Waals surface area contributed by atoms with E-state index in [1.807, 2.05) is 11.3 Å². The average Bonchev–Trinajstić information content (AvgIpc) is 3.94. The van der Waals surface area contributed by atoms with E-state index in [1.165, 1.54) is 108 Å². The maximum absolute atomic E-state index is 2.48. The molecule has 0 saturated carbocycles. The molecule has 12 rings (SSSR count).